The number of carbonyl (C=O) groups excluding carboxylic acids is 1. The molecule has 0 atom stereocenters. The molecule has 0 aromatic carbocycles. The van der Waals surface area contributed by atoms with Gasteiger partial charge in [0, 0.05) is 32.0 Å². The van der Waals surface area contributed by atoms with Crippen molar-refractivity contribution in [3.8, 4) is 0 Å². The van der Waals surface area contributed by atoms with Gasteiger partial charge in [-0.25, -0.2) is 4.98 Å². The number of halogens is 1. The van der Waals surface area contributed by atoms with Gasteiger partial charge >= 0.3 is 0 Å². The van der Waals surface area contributed by atoms with E-state index in [1.54, 1.807) is 18.1 Å². The summed E-state index contributed by atoms with van der Waals surface area (Å²) in [6.07, 6.45) is 1.78. The maximum atomic E-state index is 12.8. The Labute approximate surface area is 143 Å². The molecule has 4 heterocycles. The molecule has 0 aliphatic carbocycles. The highest BCUT2D eigenvalue weighted by Gasteiger charge is 2.31. The van der Waals surface area contributed by atoms with Crippen LogP contribution in [0.5, 0.6) is 0 Å². The van der Waals surface area contributed by atoms with Crippen molar-refractivity contribution in [3.63, 3.8) is 0 Å². The molecule has 24 heavy (non-hydrogen) atoms. The van der Waals surface area contributed by atoms with Crippen molar-refractivity contribution in [3.05, 3.63) is 49.9 Å². The van der Waals surface area contributed by atoms with E-state index in [1.807, 2.05) is 11.5 Å². The zero-order chi connectivity index (χ0) is 17.0. The van der Waals surface area contributed by atoms with Crippen LogP contribution in [0.3, 0.4) is 0 Å². The normalized spacial score (nSPS) is 16.2. The van der Waals surface area contributed by atoms with E-state index in [0.717, 1.165) is 22.6 Å². The van der Waals surface area contributed by atoms with E-state index in [0.29, 0.717) is 38.5 Å². The van der Waals surface area contributed by atoms with Gasteiger partial charge in [-0.3, -0.25) is 9.59 Å². The van der Waals surface area contributed by atoms with Gasteiger partial charge in [0.2, 0.25) is 0 Å². The fourth-order valence-corrected chi connectivity index (χ4v) is 3.56. The van der Waals surface area contributed by atoms with Crippen molar-refractivity contribution in [2.24, 2.45) is 7.05 Å². The van der Waals surface area contributed by atoms with E-state index in [2.05, 4.69) is 4.98 Å². The molecule has 8 heteroatoms. The third-order valence-corrected chi connectivity index (χ3v) is 5.24. The van der Waals surface area contributed by atoms with E-state index in [9.17, 15) is 9.59 Å². The molecule has 126 valence electrons. The van der Waals surface area contributed by atoms with Crippen molar-refractivity contribution in [1.82, 2.24) is 19.0 Å². The lowest BCUT2D eigenvalue weighted by Crippen LogP contribution is -2.26. The van der Waals surface area contributed by atoms with Crippen molar-refractivity contribution >= 4 is 17.5 Å². The second kappa shape index (κ2) is 5.46. The van der Waals surface area contributed by atoms with Gasteiger partial charge in [-0.15, -0.1) is 0 Å². The van der Waals surface area contributed by atoms with Crippen LogP contribution in [0.15, 0.2) is 11.0 Å². The largest absolute Gasteiger partial charge is 0.372 e. The number of hydrogen-bond donors (Lipinski definition) is 0. The molecule has 2 aromatic rings. The van der Waals surface area contributed by atoms with Gasteiger partial charge in [-0.2, -0.15) is 0 Å². The Morgan fingerprint density at radius 1 is 1.38 bits per heavy atom. The maximum Gasteiger partial charge on any atom is 0.274 e. The molecule has 0 spiro atoms. The lowest BCUT2D eigenvalue weighted by molar-refractivity contribution is 0.0743. The number of aromatic nitrogens is 3. The Bertz CT molecular complexity index is 892. The molecule has 0 radical (unpaired) electrons. The molecule has 0 saturated heterocycles. The second-order valence-electron chi connectivity index (χ2n) is 6.18. The highest BCUT2D eigenvalue weighted by Crippen LogP contribution is 2.28. The van der Waals surface area contributed by atoms with Gasteiger partial charge in [0.15, 0.2) is 0 Å². The number of hydrogen-bond acceptors (Lipinski definition) is 4. The summed E-state index contributed by atoms with van der Waals surface area (Å²) in [4.78, 5) is 31.0. The SMILES string of the molecule is Cc1c2c(n(C)c(=O)c1Cl)CN(C(=O)c1cn3c(n1)COCC3)C2. The molecule has 2 aliphatic rings. The van der Waals surface area contributed by atoms with E-state index in [4.69, 9.17) is 16.3 Å². The van der Waals surface area contributed by atoms with Crippen LogP contribution in [-0.4, -0.2) is 31.5 Å². The van der Waals surface area contributed by atoms with Crippen LogP contribution in [0.4, 0.5) is 0 Å². The predicted molar refractivity (Wildman–Crippen MR) is 86.9 cm³/mol. The van der Waals surface area contributed by atoms with Crippen LogP contribution < -0.4 is 5.56 Å². The van der Waals surface area contributed by atoms with E-state index in [1.165, 1.54) is 4.57 Å². The minimum absolute atomic E-state index is 0.143. The molecule has 0 fully saturated rings. The lowest BCUT2D eigenvalue weighted by atomic mass is 10.1. The van der Waals surface area contributed by atoms with Crippen LogP contribution in [0, 0.1) is 6.92 Å². The zero-order valence-corrected chi connectivity index (χ0v) is 14.3. The van der Waals surface area contributed by atoms with Crippen LogP contribution >= 0.6 is 11.6 Å². The quantitative estimate of drug-likeness (QED) is 0.777. The van der Waals surface area contributed by atoms with Gasteiger partial charge in [0.25, 0.3) is 11.5 Å². The number of rotatable bonds is 1. The Kier molecular flexibility index (Phi) is 3.51. The lowest BCUT2D eigenvalue weighted by Gasteiger charge is -2.13. The maximum absolute atomic E-state index is 12.8. The summed E-state index contributed by atoms with van der Waals surface area (Å²) in [5.74, 6) is 0.629. The topological polar surface area (TPSA) is 69.4 Å². The van der Waals surface area contributed by atoms with Gasteiger partial charge in [0.05, 0.1) is 13.2 Å². The summed E-state index contributed by atoms with van der Waals surface area (Å²) < 4.78 is 8.85. The third kappa shape index (κ3) is 2.19. The Balaban J connectivity index is 1.66. The number of ether oxygens (including phenoxy) is 1. The molecule has 0 unspecified atom stereocenters. The summed E-state index contributed by atoms with van der Waals surface area (Å²) in [5.41, 5.74) is 2.72. The predicted octanol–water partition coefficient (Wildman–Crippen LogP) is 1.23. The highest BCUT2D eigenvalue weighted by molar-refractivity contribution is 6.31. The summed E-state index contributed by atoms with van der Waals surface area (Å²) >= 11 is 6.11. The molecular formula is C16H17ClN4O3. The van der Waals surface area contributed by atoms with Crippen LogP contribution in [0.1, 0.15) is 33.1 Å². The van der Waals surface area contributed by atoms with E-state index >= 15 is 0 Å². The first-order chi connectivity index (χ1) is 11.5. The Hall–Kier alpha value is -2.12. The Morgan fingerprint density at radius 3 is 2.92 bits per heavy atom. The Morgan fingerprint density at radius 2 is 2.17 bits per heavy atom. The molecule has 0 saturated carbocycles. The third-order valence-electron chi connectivity index (χ3n) is 4.79. The summed E-state index contributed by atoms with van der Waals surface area (Å²) in [5, 5.41) is 0.222. The molecule has 7 nitrogen and oxygen atoms in total. The van der Waals surface area contributed by atoms with Gasteiger partial charge in [-0.05, 0) is 18.1 Å². The van der Waals surface area contributed by atoms with E-state index < -0.39 is 0 Å². The molecular weight excluding hydrogens is 332 g/mol. The fourth-order valence-electron chi connectivity index (χ4n) is 3.32. The van der Waals surface area contributed by atoms with Gasteiger partial charge in [0.1, 0.15) is 23.1 Å². The first-order valence-electron chi connectivity index (χ1n) is 7.77. The number of carbonyl (C=O) groups is 1. The standard InChI is InChI=1S/C16H17ClN4O3/c1-9-10-5-21(7-12(10)19(2)16(23)14(9)17)15(22)11-6-20-3-4-24-8-13(20)18-11/h6H,3-5,7-8H2,1-2H3. The average molecular weight is 349 g/mol. The highest BCUT2D eigenvalue weighted by atomic mass is 35.5. The number of imidazole rings is 1. The number of pyridine rings is 1. The summed E-state index contributed by atoms with van der Waals surface area (Å²) in [7, 11) is 1.69. The number of nitrogens with zero attached hydrogens (tertiary/aromatic N) is 4. The molecule has 0 bridgehead atoms. The average Bonchev–Trinajstić information content (AvgIpc) is 3.21. The van der Waals surface area contributed by atoms with Crippen LogP contribution in [0.2, 0.25) is 5.02 Å². The van der Waals surface area contributed by atoms with E-state index in [-0.39, 0.29) is 16.5 Å². The van der Waals surface area contributed by atoms with Crippen molar-refractivity contribution < 1.29 is 9.53 Å². The first kappa shape index (κ1) is 15.4. The molecule has 2 aliphatic heterocycles. The zero-order valence-electron chi connectivity index (χ0n) is 13.5. The summed E-state index contributed by atoms with van der Waals surface area (Å²) in [6.45, 7) is 4.41. The minimum atomic E-state index is -0.225. The molecule has 4 rings (SSSR count). The minimum Gasteiger partial charge on any atom is -0.372 e. The monoisotopic (exact) mass is 348 g/mol. The molecule has 0 N–H and O–H groups in total. The molecule has 1 amide bonds. The fraction of sp³-hybridized carbons (Fsp3) is 0.438. The first-order valence-corrected chi connectivity index (χ1v) is 8.15. The van der Waals surface area contributed by atoms with Crippen molar-refractivity contribution in [2.45, 2.75) is 33.2 Å². The van der Waals surface area contributed by atoms with Crippen molar-refractivity contribution in [2.75, 3.05) is 6.61 Å². The smallest absolute Gasteiger partial charge is 0.274 e. The number of fused-ring (bicyclic) bond motifs is 2. The second-order valence-corrected chi connectivity index (χ2v) is 6.56. The summed E-state index contributed by atoms with van der Waals surface area (Å²) in [6, 6.07) is 0. The van der Waals surface area contributed by atoms with Crippen LogP contribution in [-0.2, 0) is 38.0 Å². The molecule has 2 aromatic heterocycles. The van der Waals surface area contributed by atoms with Crippen molar-refractivity contribution in [1.29, 1.82) is 0 Å². The van der Waals surface area contributed by atoms with Gasteiger partial charge in [-0.1, -0.05) is 11.6 Å². The number of amides is 1. The van der Waals surface area contributed by atoms with Crippen LogP contribution in [0.25, 0.3) is 0 Å². The van der Waals surface area contributed by atoms with Gasteiger partial charge < -0.3 is 18.8 Å².